The zero-order valence-corrected chi connectivity index (χ0v) is 9.73. The minimum atomic E-state index is -0.226. The first-order chi connectivity index (χ1) is 8.16. The highest BCUT2D eigenvalue weighted by atomic mass is 19.1. The average molecular weight is 230 g/mol. The van der Waals surface area contributed by atoms with E-state index in [1.165, 1.54) is 12.1 Å². The zero-order valence-electron chi connectivity index (χ0n) is 9.73. The van der Waals surface area contributed by atoms with Crippen molar-refractivity contribution in [2.24, 2.45) is 0 Å². The van der Waals surface area contributed by atoms with Gasteiger partial charge in [0.2, 0.25) is 0 Å². The quantitative estimate of drug-likeness (QED) is 0.821. The molecule has 2 rings (SSSR count). The maximum absolute atomic E-state index is 13.1. The molecule has 0 aliphatic heterocycles. The van der Waals surface area contributed by atoms with Gasteiger partial charge in [-0.05, 0) is 29.8 Å². The number of para-hydroxylation sites is 1. The number of nitrogens with zero attached hydrogens (tertiary/aromatic N) is 1. The van der Waals surface area contributed by atoms with Crippen molar-refractivity contribution in [1.29, 1.82) is 0 Å². The molecule has 0 heterocycles. The molecule has 0 bridgehead atoms. The molecule has 0 spiro atoms. The van der Waals surface area contributed by atoms with Crippen LogP contribution in [0.2, 0.25) is 0 Å². The van der Waals surface area contributed by atoms with Crippen molar-refractivity contribution in [1.82, 2.24) is 0 Å². The SMILES string of the molecule is CN(Cc1ccccc1N)c1cccc(F)c1. The van der Waals surface area contributed by atoms with E-state index in [1.807, 2.05) is 42.3 Å². The number of anilines is 2. The number of nitrogens with two attached hydrogens (primary N) is 1. The van der Waals surface area contributed by atoms with Gasteiger partial charge in [-0.1, -0.05) is 24.3 Å². The van der Waals surface area contributed by atoms with Crippen LogP contribution in [0.15, 0.2) is 48.5 Å². The van der Waals surface area contributed by atoms with Crippen molar-refractivity contribution in [3.05, 3.63) is 59.9 Å². The fourth-order valence-electron chi connectivity index (χ4n) is 1.74. The van der Waals surface area contributed by atoms with Gasteiger partial charge >= 0.3 is 0 Å². The van der Waals surface area contributed by atoms with Gasteiger partial charge < -0.3 is 10.6 Å². The zero-order chi connectivity index (χ0) is 12.3. The van der Waals surface area contributed by atoms with Crippen LogP contribution in [-0.2, 0) is 6.54 Å². The van der Waals surface area contributed by atoms with Gasteiger partial charge in [0.1, 0.15) is 5.82 Å². The predicted octanol–water partition coefficient (Wildman–Crippen LogP) is 3.04. The Bertz CT molecular complexity index is 511. The summed E-state index contributed by atoms with van der Waals surface area (Å²) in [5, 5.41) is 0. The Balaban J connectivity index is 2.17. The molecule has 17 heavy (non-hydrogen) atoms. The fraction of sp³-hybridized carbons (Fsp3) is 0.143. The number of hydrogen-bond acceptors (Lipinski definition) is 2. The van der Waals surface area contributed by atoms with E-state index < -0.39 is 0 Å². The van der Waals surface area contributed by atoms with Crippen molar-refractivity contribution in [3.8, 4) is 0 Å². The lowest BCUT2D eigenvalue weighted by Crippen LogP contribution is -2.17. The molecule has 2 aromatic rings. The maximum atomic E-state index is 13.1. The molecule has 2 N–H and O–H groups in total. The van der Waals surface area contributed by atoms with Gasteiger partial charge in [0, 0.05) is 25.0 Å². The summed E-state index contributed by atoms with van der Waals surface area (Å²) in [6, 6.07) is 14.2. The molecule has 3 heteroatoms. The van der Waals surface area contributed by atoms with Crippen molar-refractivity contribution in [3.63, 3.8) is 0 Å². The normalized spacial score (nSPS) is 10.2. The molecule has 2 aromatic carbocycles. The number of hydrogen-bond donors (Lipinski definition) is 1. The van der Waals surface area contributed by atoms with Crippen molar-refractivity contribution in [2.75, 3.05) is 17.7 Å². The van der Waals surface area contributed by atoms with Crippen molar-refractivity contribution < 1.29 is 4.39 Å². The summed E-state index contributed by atoms with van der Waals surface area (Å²) >= 11 is 0. The summed E-state index contributed by atoms with van der Waals surface area (Å²) in [7, 11) is 1.92. The molecule has 0 amide bonds. The highest BCUT2D eigenvalue weighted by Crippen LogP contribution is 2.19. The monoisotopic (exact) mass is 230 g/mol. The van der Waals surface area contributed by atoms with Crippen LogP contribution in [0.4, 0.5) is 15.8 Å². The van der Waals surface area contributed by atoms with Crippen LogP contribution in [0.5, 0.6) is 0 Å². The van der Waals surface area contributed by atoms with E-state index in [4.69, 9.17) is 5.73 Å². The third-order valence-electron chi connectivity index (χ3n) is 2.71. The van der Waals surface area contributed by atoms with Gasteiger partial charge in [0.15, 0.2) is 0 Å². The molecular weight excluding hydrogens is 215 g/mol. The Kier molecular flexibility index (Phi) is 3.28. The van der Waals surface area contributed by atoms with Gasteiger partial charge in [0.05, 0.1) is 0 Å². The van der Waals surface area contributed by atoms with Crippen LogP contribution in [0.3, 0.4) is 0 Å². The topological polar surface area (TPSA) is 29.3 Å². The lowest BCUT2D eigenvalue weighted by atomic mass is 10.1. The third-order valence-corrected chi connectivity index (χ3v) is 2.71. The van der Waals surface area contributed by atoms with Crippen LogP contribution in [0.1, 0.15) is 5.56 Å². The number of rotatable bonds is 3. The third kappa shape index (κ3) is 2.75. The highest BCUT2D eigenvalue weighted by Gasteiger charge is 2.05. The van der Waals surface area contributed by atoms with Gasteiger partial charge in [-0.2, -0.15) is 0 Å². The Morgan fingerprint density at radius 2 is 1.88 bits per heavy atom. The van der Waals surface area contributed by atoms with Gasteiger partial charge in [0.25, 0.3) is 0 Å². The number of nitrogen functional groups attached to an aromatic ring is 1. The van der Waals surface area contributed by atoms with Crippen molar-refractivity contribution >= 4 is 11.4 Å². The van der Waals surface area contributed by atoms with E-state index in [-0.39, 0.29) is 5.82 Å². The van der Waals surface area contributed by atoms with Crippen LogP contribution >= 0.6 is 0 Å². The van der Waals surface area contributed by atoms with Crippen LogP contribution < -0.4 is 10.6 Å². The second kappa shape index (κ2) is 4.87. The average Bonchev–Trinajstić information content (AvgIpc) is 2.32. The lowest BCUT2D eigenvalue weighted by Gasteiger charge is -2.20. The van der Waals surface area contributed by atoms with E-state index in [9.17, 15) is 4.39 Å². The van der Waals surface area contributed by atoms with Crippen LogP contribution in [-0.4, -0.2) is 7.05 Å². The molecule has 0 aromatic heterocycles. The summed E-state index contributed by atoms with van der Waals surface area (Å²) in [4.78, 5) is 1.97. The summed E-state index contributed by atoms with van der Waals surface area (Å²) in [5.74, 6) is -0.226. The van der Waals surface area contributed by atoms with E-state index in [2.05, 4.69) is 0 Å². The molecule has 2 nitrogen and oxygen atoms in total. The second-order valence-corrected chi connectivity index (χ2v) is 4.03. The summed E-state index contributed by atoms with van der Waals surface area (Å²) < 4.78 is 13.1. The minimum Gasteiger partial charge on any atom is -0.398 e. The Morgan fingerprint density at radius 1 is 1.12 bits per heavy atom. The highest BCUT2D eigenvalue weighted by molar-refractivity contribution is 5.51. The molecule has 0 saturated carbocycles. The van der Waals surface area contributed by atoms with E-state index >= 15 is 0 Å². The maximum Gasteiger partial charge on any atom is 0.125 e. The molecule has 88 valence electrons. The molecule has 0 saturated heterocycles. The first-order valence-electron chi connectivity index (χ1n) is 5.47. The predicted molar refractivity (Wildman–Crippen MR) is 69.4 cm³/mol. The van der Waals surface area contributed by atoms with Gasteiger partial charge in [-0.25, -0.2) is 4.39 Å². The van der Waals surface area contributed by atoms with Gasteiger partial charge in [-0.3, -0.25) is 0 Å². The summed E-state index contributed by atoms with van der Waals surface area (Å²) in [5.41, 5.74) is 8.52. The summed E-state index contributed by atoms with van der Waals surface area (Å²) in [6.45, 7) is 0.663. The van der Waals surface area contributed by atoms with Crippen LogP contribution in [0.25, 0.3) is 0 Å². The number of benzene rings is 2. The molecule has 0 aliphatic rings. The van der Waals surface area contributed by atoms with E-state index in [0.717, 1.165) is 16.9 Å². The molecule has 0 unspecified atom stereocenters. The smallest absolute Gasteiger partial charge is 0.125 e. The Hall–Kier alpha value is -2.03. The molecule has 0 fully saturated rings. The lowest BCUT2D eigenvalue weighted by molar-refractivity contribution is 0.627. The van der Waals surface area contributed by atoms with E-state index in [0.29, 0.717) is 6.54 Å². The second-order valence-electron chi connectivity index (χ2n) is 4.03. The molecule has 0 radical (unpaired) electrons. The molecule has 0 atom stereocenters. The fourth-order valence-corrected chi connectivity index (χ4v) is 1.74. The molecular formula is C14H15FN2. The van der Waals surface area contributed by atoms with Crippen molar-refractivity contribution in [2.45, 2.75) is 6.54 Å². The first kappa shape index (κ1) is 11.5. The molecule has 0 aliphatic carbocycles. The first-order valence-corrected chi connectivity index (χ1v) is 5.47. The van der Waals surface area contributed by atoms with E-state index in [1.54, 1.807) is 6.07 Å². The largest absolute Gasteiger partial charge is 0.398 e. The van der Waals surface area contributed by atoms with Gasteiger partial charge in [-0.15, -0.1) is 0 Å². The van der Waals surface area contributed by atoms with Crippen LogP contribution in [0, 0.1) is 5.82 Å². The Labute approximate surface area is 100 Å². The standard InChI is InChI=1S/C14H15FN2/c1-17(13-7-4-6-12(15)9-13)10-11-5-2-3-8-14(11)16/h2-9H,10,16H2,1H3. The minimum absolute atomic E-state index is 0.226. The summed E-state index contributed by atoms with van der Waals surface area (Å²) in [6.07, 6.45) is 0. The number of halogens is 1. The Morgan fingerprint density at radius 3 is 2.59 bits per heavy atom.